The number of nitrogens with two attached hydrogens (primary N) is 1. The number of hydrogen-bond acceptors (Lipinski definition) is 5. The van der Waals surface area contributed by atoms with Crippen LogP contribution in [0.2, 0.25) is 0 Å². The smallest absolute Gasteiger partial charge is 0.190 e. The first-order valence-electron chi connectivity index (χ1n) is 7.13. The first-order valence-corrected chi connectivity index (χ1v) is 7.13. The van der Waals surface area contributed by atoms with E-state index in [0.29, 0.717) is 25.3 Å². The molecule has 118 valence electrons. The lowest BCUT2D eigenvalue weighted by atomic mass is 9.95. The average Bonchev–Trinajstić information content (AvgIpc) is 2.72. The Labute approximate surface area is 124 Å². The first-order chi connectivity index (χ1) is 9.81. The maximum atomic E-state index is 11.9. The molecule has 2 unspecified atom stereocenters. The molecule has 0 heterocycles. The Morgan fingerprint density at radius 3 is 2.67 bits per heavy atom. The highest BCUT2D eigenvalue weighted by Crippen LogP contribution is 2.22. The Morgan fingerprint density at radius 1 is 1.48 bits per heavy atom. The molecular formula is C14H24N4O3. The molecule has 1 aliphatic rings. The van der Waals surface area contributed by atoms with Crippen LogP contribution in [0.3, 0.4) is 0 Å². The standard InChI is InChI=1S/C14H24N4O3/c1-18(2)14(16)17-5-3-4-11(15)13(21)7-9-6-10(19)8-12(9)20/h9,11H,3-8,15H2,1-2H3,(H2,16,17). The summed E-state index contributed by atoms with van der Waals surface area (Å²) < 4.78 is 0. The Balaban J connectivity index is 2.24. The lowest BCUT2D eigenvalue weighted by Crippen LogP contribution is -2.37. The van der Waals surface area contributed by atoms with Gasteiger partial charge in [-0.15, -0.1) is 0 Å². The molecule has 7 heteroatoms. The highest BCUT2D eigenvalue weighted by molar-refractivity contribution is 6.08. The van der Waals surface area contributed by atoms with Crippen LogP contribution in [-0.2, 0) is 14.4 Å². The molecule has 0 aliphatic heterocycles. The van der Waals surface area contributed by atoms with Crippen molar-refractivity contribution in [1.29, 1.82) is 5.41 Å². The number of guanidine groups is 1. The third-order valence-corrected chi connectivity index (χ3v) is 3.59. The fourth-order valence-electron chi connectivity index (χ4n) is 2.23. The number of nitrogens with zero attached hydrogens (tertiary/aromatic N) is 1. The minimum absolute atomic E-state index is 0.0379. The second kappa shape index (κ2) is 7.87. The summed E-state index contributed by atoms with van der Waals surface area (Å²) in [5.74, 6) is -0.536. The van der Waals surface area contributed by atoms with E-state index in [4.69, 9.17) is 11.1 Å². The zero-order valence-electron chi connectivity index (χ0n) is 12.6. The van der Waals surface area contributed by atoms with Crippen molar-refractivity contribution in [3.05, 3.63) is 0 Å². The van der Waals surface area contributed by atoms with Crippen molar-refractivity contribution in [1.82, 2.24) is 10.2 Å². The lowest BCUT2D eigenvalue weighted by molar-refractivity contribution is -0.127. The summed E-state index contributed by atoms with van der Waals surface area (Å²) in [6, 6.07) is -0.608. The van der Waals surface area contributed by atoms with Crippen LogP contribution in [0.5, 0.6) is 0 Å². The van der Waals surface area contributed by atoms with Crippen LogP contribution < -0.4 is 11.1 Å². The molecule has 0 aromatic carbocycles. The molecule has 1 aliphatic carbocycles. The quantitative estimate of drug-likeness (QED) is 0.257. The largest absolute Gasteiger partial charge is 0.356 e. The number of hydrogen-bond donors (Lipinski definition) is 3. The summed E-state index contributed by atoms with van der Waals surface area (Å²) in [5, 5.41) is 10.5. The number of carbonyl (C=O) groups excluding carboxylic acids is 3. The van der Waals surface area contributed by atoms with E-state index >= 15 is 0 Å². The molecule has 0 amide bonds. The van der Waals surface area contributed by atoms with E-state index in [1.807, 2.05) is 0 Å². The molecule has 0 aromatic heterocycles. The first kappa shape index (κ1) is 17.3. The van der Waals surface area contributed by atoms with Crippen LogP contribution in [-0.4, -0.2) is 54.9 Å². The number of ketones is 3. The monoisotopic (exact) mass is 296 g/mol. The van der Waals surface area contributed by atoms with Gasteiger partial charge in [-0.1, -0.05) is 0 Å². The maximum absolute atomic E-state index is 11.9. The van der Waals surface area contributed by atoms with Gasteiger partial charge in [0.25, 0.3) is 0 Å². The highest BCUT2D eigenvalue weighted by atomic mass is 16.2. The fraction of sp³-hybridized carbons (Fsp3) is 0.714. The Kier molecular flexibility index (Phi) is 6.48. The lowest BCUT2D eigenvalue weighted by Gasteiger charge is -2.16. The van der Waals surface area contributed by atoms with E-state index < -0.39 is 12.0 Å². The molecule has 1 fully saturated rings. The molecule has 7 nitrogen and oxygen atoms in total. The summed E-state index contributed by atoms with van der Waals surface area (Å²) in [6.45, 7) is 0.568. The van der Waals surface area contributed by atoms with Gasteiger partial charge in [-0.2, -0.15) is 0 Å². The zero-order valence-corrected chi connectivity index (χ0v) is 12.6. The maximum Gasteiger partial charge on any atom is 0.190 e. The molecule has 0 saturated heterocycles. The molecule has 0 bridgehead atoms. The van der Waals surface area contributed by atoms with Gasteiger partial charge in [0, 0.05) is 39.4 Å². The predicted octanol–water partition coefficient (Wildman–Crippen LogP) is -0.313. The minimum atomic E-state index is -0.608. The number of carbonyl (C=O) groups is 3. The second-order valence-electron chi connectivity index (χ2n) is 5.67. The summed E-state index contributed by atoms with van der Waals surface area (Å²) in [6.07, 6.45) is 1.39. The van der Waals surface area contributed by atoms with Gasteiger partial charge >= 0.3 is 0 Å². The Bertz CT molecular complexity index is 434. The van der Waals surface area contributed by atoms with Gasteiger partial charge in [0.05, 0.1) is 12.5 Å². The summed E-state index contributed by atoms with van der Waals surface area (Å²) >= 11 is 0. The minimum Gasteiger partial charge on any atom is -0.356 e. The summed E-state index contributed by atoms with van der Waals surface area (Å²) in [7, 11) is 3.54. The van der Waals surface area contributed by atoms with Crippen molar-refractivity contribution in [2.45, 2.75) is 38.1 Å². The van der Waals surface area contributed by atoms with E-state index in [1.165, 1.54) is 0 Å². The van der Waals surface area contributed by atoms with Crippen LogP contribution in [0.25, 0.3) is 0 Å². The van der Waals surface area contributed by atoms with Gasteiger partial charge in [0.1, 0.15) is 17.3 Å². The van der Waals surface area contributed by atoms with Gasteiger partial charge in [-0.3, -0.25) is 19.8 Å². The zero-order chi connectivity index (χ0) is 16.0. The van der Waals surface area contributed by atoms with Crippen molar-refractivity contribution in [3.63, 3.8) is 0 Å². The summed E-state index contributed by atoms with van der Waals surface area (Å²) in [4.78, 5) is 36.2. The van der Waals surface area contributed by atoms with Crippen molar-refractivity contribution in [3.8, 4) is 0 Å². The van der Waals surface area contributed by atoms with Gasteiger partial charge in [-0.25, -0.2) is 0 Å². The Morgan fingerprint density at radius 2 is 2.14 bits per heavy atom. The molecule has 0 radical (unpaired) electrons. The van der Waals surface area contributed by atoms with E-state index in [1.54, 1.807) is 19.0 Å². The van der Waals surface area contributed by atoms with Crippen LogP contribution in [0.4, 0.5) is 0 Å². The number of nitrogens with one attached hydrogen (secondary N) is 2. The molecule has 4 N–H and O–H groups in total. The van der Waals surface area contributed by atoms with Crippen LogP contribution in [0, 0.1) is 11.3 Å². The number of Topliss-reactive ketones (excluding diaryl/α,β-unsaturated/α-hetero) is 3. The van der Waals surface area contributed by atoms with E-state index in [9.17, 15) is 14.4 Å². The van der Waals surface area contributed by atoms with E-state index in [-0.39, 0.29) is 36.6 Å². The molecule has 21 heavy (non-hydrogen) atoms. The highest BCUT2D eigenvalue weighted by Gasteiger charge is 2.33. The topological polar surface area (TPSA) is 116 Å². The van der Waals surface area contributed by atoms with E-state index in [2.05, 4.69) is 5.32 Å². The van der Waals surface area contributed by atoms with Gasteiger partial charge < -0.3 is 16.0 Å². The van der Waals surface area contributed by atoms with Crippen molar-refractivity contribution < 1.29 is 14.4 Å². The second-order valence-corrected chi connectivity index (χ2v) is 5.67. The predicted molar refractivity (Wildman–Crippen MR) is 79.0 cm³/mol. The van der Waals surface area contributed by atoms with Gasteiger partial charge in [0.15, 0.2) is 5.96 Å². The van der Waals surface area contributed by atoms with E-state index in [0.717, 1.165) is 0 Å². The Hall–Kier alpha value is -1.76. The summed E-state index contributed by atoms with van der Waals surface area (Å²) in [5.41, 5.74) is 5.81. The average molecular weight is 296 g/mol. The van der Waals surface area contributed by atoms with Crippen LogP contribution in [0.15, 0.2) is 0 Å². The van der Waals surface area contributed by atoms with Gasteiger partial charge in [0.2, 0.25) is 0 Å². The fourth-order valence-corrected chi connectivity index (χ4v) is 2.23. The van der Waals surface area contributed by atoms with Gasteiger partial charge in [-0.05, 0) is 12.8 Å². The normalized spacial score (nSPS) is 19.5. The third kappa shape index (κ3) is 5.63. The van der Waals surface area contributed by atoms with Crippen molar-refractivity contribution >= 4 is 23.3 Å². The molecule has 1 rings (SSSR count). The molecular weight excluding hydrogens is 272 g/mol. The number of rotatable bonds is 7. The SMILES string of the molecule is CN(C)C(=N)NCCCC(N)C(=O)CC1CC(=O)CC1=O. The third-order valence-electron chi connectivity index (χ3n) is 3.59. The molecule has 0 spiro atoms. The molecule has 0 aromatic rings. The van der Waals surface area contributed by atoms with Crippen molar-refractivity contribution in [2.75, 3.05) is 20.6 Å². The molecule has 2 atom stereocenters. The van der Waals surface area contributed by atoms with Crippen LogP contribution >= 0.6 is 0 Å². The molecule has 1 saturated carbocycles. The van der Waals surface area contributed by atoms with Crippen LogP contribution in [0.1, 0.15) is 32.1 Å². The van der Waals surface area contributed by atoms with Crippen molar-refractivity contribution in [2.24, 2.45) is 11.7 Å².